The number of ether oxygens (including phenoxy) is 4. The molecule has 1 aromatic rings. The summed E-state index contributed by atoms with van der Waals surface area (Å²) in [5.41, 5.74) is 0.233. The van der Waals surface area contributed by atoms with Crippen molar-refractivity contribution in [3.63, 3.8) is 0 Å². The Labute approximate surface area is 133 Å². The van der Waals surface area contributed by atoms with E-state index in [0.717, 1.165) is 26.4 Å². The minimum absolute atomic E-state index is 0.192. The van der Waals surface area contributed by atoms with E-state index in [1.54, 1.807) is 0 Å². The lowest BCUT2D eigenvalue weighted by Crippen LogP contribution is -2.16. The first-order chi connectivity index (χ1) is 11.0. The molecule has 126 valence electrons. The minimum Gasteiger partial charge on any atom is -0.466 e. The topological polar surface area (TPSA) is 83.1 Å². The Balaban J connectivity index is 3.06. The van der Waals surface area contributed by atoms with Crippen molar-refractivity contribution >= 4 is 17.6 Å². The molecule has 0 aliphatic carbocycles. The van der Waals surface area contributed by atoms with E-state index >= 15 is 0 Å². The highest BCUT2D eigenvalue weighted by Gasteiger charge is 2.17. The van der Waals surface area contributed by atoms with Crippen molar-refractivity contribution in [2.45, 2.75) is 6.29 Å². The van der Waals surface area contributed by atoms with Crippen molar-refractivity contribution in [1.29, 1.82) is 0 Å². The van der Waals surface area contributed by atoms with E-state index in [1.807, 2.05) is 0 Å². The molecule has 0 heterocycles. The molecule has 8 heteroatoms. The number of methoxy groups -OCH3 is 4. The molecule has 1 aromatic carbocycles. The number of halogens is 1. The van der Waals surface area contributed by atoms with Crippen LogP contribution in [-0.4, -0.2) is 40.4 Å². The maximum Gasteiger partial charge on any atom is 0.354 e. The Kier molecular flexibility index (Phi) is 7.17. The third-order valence-corrected chi connectivity index (χ3v) is 2.83. The Hall–Kier alpha value is -2.45. The Morgan fingerprint density at radius 1 is 1.13 bits per heavy atom. The van der Waals surface area contributed by atoms with Gasteiger partial charge in [-0.05, 0) is 18.2 Å². The molecule has 0 bridgehead atoms. The maximum absolute atomic E-state index is 14.1. The number of rotatable bonds is 7. The first kappa shape index (κ1) is 18.6. The lowest BCUT2D eigenvalue weighted by molar-refractivity contribution is -0.138. The lowest BCUT2D eigenvalue weighted by atomic mass is 10.1. The summed E-state index contributed by atoms with van der Waals surface area (Å²) in [6.07, 6.45) is 0.0554. The van der Waals surface area contributed by atoms with Crippen LogP contribution >= 0.6 is 0 Å². The molecule has 0 unspecified atom stereocenters. The monoisotopic (exact) mass is 327 g/mol. The van der Waals surface area contributed by atoms with Crippen LogP contribution in [0.3, 0.4) is 0 Å². The molecule has 0 saturated heterocycles. The highest BCUT2D eigenvalue weighted by Crippen LogP contribution is 2.24. The van der Waals surface area contributed by atoms with Crippen molar-refractivity contribution in [2.24, 2.45) is 0 Å². The van der Waals surface area contributed by atoms with Crippen molar-refractivity contribution in [3.05, 3.63) is 41.4 Å². The van der Waals surface area contributed by atoms with E-state index in [0.29, 0.717) is 0 Å². The normalized spacial score (nSPS) is 11.3. The lowest BCUT2D eigenvalue weighted by Gasteiger charge is -2.16. The van der Waals surface area contributed by atoms with Crippen molar-refractivity contribution < 1.29 is 32.9 Å². The van der Waals surface area contributed by atoms with Gasteiger partial charge in [-0.15, -0.1) is 0 Å². The summed E-state index contributed by atoms with van der Waals surface area (Å²) in [4.78, 5) is 22.9. The van der Waals surface area contributed by atoms with Crippen LogP contribution in [0.4, 0.5) is 10.1 Å². The first-order valence-corrected chi connectivity index (χ1v) is 6.46. The van der Waals surface area contributed by atoms with Crippen LogP contribution < -0.4 is 5.32 Å². The minimum atomic E-state index is -0.852. The summed E-state index contributed by atoms with van der Waals surface area (Å²) >= 11 is 0. The Bertz CT molecular complexity index is 598. The molecule has 0 fully saturated rings. The van der Waals surface area contributed by atoms with Gasteiger partial charge in [-0.3, -0.25) is 0 Å². The van der Waals surface area contributed by atoms with E-state index in [1.165, 1.54) is 26.4 Å². The van der Waals surface area contributed by atoms with Crippen LogP contribution in [0, 0.1) is 5.82 Å². The van der Waals surface area contributed by atoms with Gasteiger partial charge in [-0.2, -0.15) is 0 Å². The number of hydrogen-bond donors (Lipinski definition) is 1. The third kappa shape index (κ3) is 5.04. The summed E-state index contributed by atoms with van der Waals surface area (Å²) in [5, 5.41) is 2.60. The van der Waals surface area contributed by atoms with Crippen molar-refractivity contribution in [1.82, 2.24) is 0 Å². The molecule has 0 aliphatic heterocycles. The van der Waals surface area contributed by atoms with E-state index in [9.17, 15) is 14.0 Å². The Morgan fingerprint density at radius 2 is 1.78 bits per heavy atom. The third-order valence-electron chi connectivity index (χ3n) is 2.83. The second kappa shape index (κ2) is 8.86. The van der Waals surface area contributed by atoms with Crippen molar-refractivity contribution in [3.8, 4) is 0 Å². The predicted molar refractivity (Wildman–Crippen MR) is 78.9 cm³/mol. The van der Waals surface area contributed by atoms with E-state index in [4.69, 9.17) is 9.47 Å². The average Bonchev–Trinajstić information content (AvgIpc) is 2.56. The zero-order valence-corrected chi connectivity index (χ0v) is 13.2. The number of esters is 2. The van der Waals surface area contributed by atoms with Crippen LogP contribution in [0.2, 0.25) is 0 Å². The standard InChI is InChI=1S/C15H18FNO6/c1-20-13(18)8-12(14(19)21-2)17-9-5-6-10(11(16)7-9)15(22-3)23-4/h5-8,15,17H,1-4H3/b12-8+. The molecular weight excluding hydrogens is 309 g/mol. The van der Waals surface area contributed by atoms with E-state index in [-0.39, 0.29) is 16.9 Å². The van der Waals surface area contributed by atoms with Gasteiger partial charge in [0, 0.05) is 25.5 Å². The van der Waals surface area contributed by atoms with Gasteiger partial charge in [0.25, 0.3) is 0 Å². The molecule has 1 N–H and O–H groups in total. The molecule has 7 nitrogen and oxygen atoms in total. The average molecular weight is 327 g/mol. The van der Waals surface area contributed by atoms with Gasteiger partial charge in [0.1, 0.15) is 11.5 Å². The van der Waals surface area contributed by atoms with E-state index in [2.05, 4.69) is 14.8 Å². The van der Waals surface area contributed by atoms with Gasteiger partial charge >= 0.3 is 11.9 Å². The molecule has 23 heavy (non-hydrogen) atoms. The fourth-order valence-electron chi connectivity index (χ4n) is 1.73. The smallest absolute Gasteiger partial charge is 0.354 e. The SMILES string of the molecule is COC(=O)/C=C(/Nc1ccc(C(OC)OC)c(F)c1)C(=O)OC. The summed E-state index contributed by atoms with van der Waals surface area (Å²) in [6.45, 7) is 0. The summed E-state index contributed by atoms with van der Waals surface area (Å²) < 4.78 is 33.1. The van der Waals surface area contributed by atoms with Gasteiger partial charge in [0.05, 0.1) is 20.3 Å². The van der Waals surface area contributed by atoms with Crippen LogP contribution in [0.5, 0.6) is 0 Å². The van der Waals surface area contributed by atoms with Gasteiger partial charge < -0.3 is 24.3 Å². The Morgan fingerprint density at radius 3 is 2.26 bits per heavy atom. The van der Waals surface area contributed by atoms with Crippen molar-refractivity contribution in [2.75, 3.05) is 33.8 Å². The predicted octanol–water partition coefficient (Wildman–Crippen LogP) is 1.76. The number of benzene rings is 1. The number of hydrogen-bond acceptors (Lipinski definition) is 7. The summed E-state index contributed by atoms with van der Waals surface area (Å²) in [5.74, 6) is -2.16. The zero-order valence-electron chi connectivity index (χ0n) is 13.2. The number of carbonyl (C=O) groups is 2. The fraction of sp³-hybridized carbons (Fsp3) is 0.333. The molecule has 0 spiro atoms. The second-order valence-corrected chi connectivity index (χ2v) is 4.24. The van der Waals surface area contributed by atoms with E-state index < -0.39 is 24.0 Å². The highest BCUT2D eigenvalue weighted by atomic mass is 19.1. The quantitative estimate of drug-likeness (QED) is 0.464. The van der Waals surface area contributed by atoms with Gasteiger partial charge in [-0.1, -0.05) is 0 Å². The highest BCUT2D eigenvalue weighted by molar-refractivity contribution is 5.98. The van der Waals surface area contributed by atoms with Gasteiger partial charge in [-0.25, -0.2) is 14.0 Å². The fourth-order valence-corrected chi connectivity index (χ4v) is 1.73. The molecule has 0 saturated carbocycles. The zero-order chi connectivity index (χ0) is 17.4. The second-order valence-electron chi connectivity index (χ2n) is 4.24. The van der Waals surface area contributed by atoms with Crippen LogP contribution in [-0.2, 0) is 28.5 Å². The van der Waals surface area contributed by atoms with Gasteiger partial charge in [0.2, 0.25) is 0 Å². The van der Waals surface area contributed by atoms with Crippen LogP contribution in [0.1, 0.15) is 11.9 Å². The maximum atomic E-state index is 14.1. The number of carbonyl (C=O) groups excluding carboxylic acids is 2. The molecule has 0 aromatic heterocycles. The molecule has 1 rings (SSSR count). The van der Waals surface area contributed by atoms with Crippen LogP contribution in [0.25, 0.3) is 0 Å². The molecule has 0 aliphatic rings. The number of nitrogens with one attached hydrogen (secondary N) is 1. The van der Waals surface area contributed by atoms with Gasteiger partial charge in [0.15, 0.2) is 6.29 Å². The first-order valence-electron chi connectivity index (χ1n) is 6.46. The molecule has 0 atom stereocenters. The van der Waals surface area contributed by atoms with Crippen LogP contribution in [0.15, 0.2) is 30.0 Å². The molecule has 0 amide bonds. The largest absolute Gasteiger partial charge is 0.466 e. The summed E-state index contributed by atoms with van der Waals surface area (Å²) in [7, 11) is 5.08. The molecular formula is C15H18FNO6. The molecule has 0 radical (unpaired) electrons. The number of anilines is 1. The summed E-state index contributed by atoms with van der Waals surface area (Å²) in [6, 6.07) is 4.06.